The molecular formula is C22H22BCsEsFN6-. The smallest absolute Gasteiger partial charge is 0.502 e. The second kappa shape index (κ2) is 10.3. The number of anilines is 1. The molecule has 1 saturated heterocycles. The van der Waals surface area contributed by atoms with Gasteiger partial charge in [0, 0.05) is 41.8 Å². The van der Waals surface area contributed by atoms with E-state index in [1.54, 1.807) is 27.8 Å². The van der Waals surface area contributed by atoms with Gasteiger partial charge in [-0.1, -0.05) is 6.54 Å². The van der Waals surface area contributed by atoms with Crippen LogP contribution in [0.5, 0.6) is 0 Å². The van der Waals surface area contributed by atoms with Crippen molar-refractivity contribution in [1.82, 2.24) is 24.2 Å². The molecule has 0 saturated carbocycles. The molecule has 1 aromatic carbocycles. The van der Waals surface area contributed by atoms with Crippen LogP contribution in [0.4, 0.5) is 10.1 Å². The topological polar surface area (TPSA) is 49.6 Å². The Balaban J connectivity index is 0.00000121. The van der Waals surface area contributed by atoms with Gasteiger partial charge >= 0.3 is 68.9 Å². The second-order valence-corrected chi connectivity index (χ2v) is 7.48. The van der Waals surface area contributed by atoms with Crippen LogP contribution in [0, 0.1) is 26.2 Å². The molecule has 0 spiro atoms. The van der Waals surface area contributed by atoms with E-state index in [9.17, 15) is 4.39 Å². The Kier molecular flexibility index (Phi) is 8.49. The molecule has 4 heterocycles. The molecule has 0 bridgehead atoms. The minimum Gasteiger partial charge on any atom is -0.502 e. The first-order valence-corrected chi connectivity index (χ1v) is 9.49. The van der Waals surface area contributed by atoms with Gasteiger partial charge in [0.2, 0.25) is 0 Å². The third-order valence-electron chi connectivity index (χ3n) is 5.33. The van der Waals surface area contributed by atoms with Crippen molar-refractivity contribution in [3.63, 3.8) is 0 Å². The fourth-order valence-electron chi connectivity index (χ4n) is 3.74. The molecule has 1 aliphatic heterocycles. The standard InChI is InChI=1S/C21H19BFN6.CH3.Cs.Es/c1-13-10-28-12-16(8-18(23)21(28)25-13)20-24-9-15-7-17(3-4-19(15)26-20)27-5-6-29(22)14(2)11-27;;;/h3-4,7-10,12H,5-6,11H2,1-2H3;1H3;;/q2*-1;+1;. The van der Waals surface area contributed by atoms with Gasteiger partial charge in [0.25, 0.3) is 0 Å². The molecule has 1 fully saturated rings. The summed E-state index contributed by atoms with van der Waals surface area (Å²) in [4.78, 5) is 17.4. The number of aromatic nitrogens is 4. The van der Waals surface area contributed by atoms with Crippen LogP contribution in [-0.2, 0) is 0 Å². The Hall–Kier alpha value is -1.94. The molecule has 3 radical (unpaired) electrons. The summed E-state index contributed by atoms with van der Waals surface area (Å²) in [5.41, 5.74) is 3.61. The number of fused-ring (bicyclic) bond motifs is 2. The van der Waals surface area contributed by atoms with E-state index in [2.05, 4.69) is 32.0 Å². The van der Waals surface area contributed by atoms with Gasteiger partial charge in [-0.05, 0) is 37.7 Å². The summed E-state index contributed by atoms with van der Waals surface area (Å²) in [7, 11) is 5.94. The summed E-state index contributed by atoms with van der Waals surface area (Å²) in [6, 6.07) is 8.69. The molecule has 4 aromatic rings. The van der Waals surface area contributed by atoms with Gasteiger partial charge < -0.3 is 21.5 Å². The average molecular weight is 785 g/mol. The van der Waals surface area contributed by atoms with Crippen molar-refractivity contribution in [2.24, 2.45) is 0 Å². The number of hydrogen-bond donors (Lipinski definition) is 0. The first-order valence-electron chi connectivity index (χ1n) is 9.49. The van der Waals surface area contributed by atoms with E-state index < -0.39 is 0 Å². The van der Waals surface area contributed by atoms with Crippen LogP contribution in [-0.4, -0.2) is 51.8 Å². The Morgan fingerprint density at radius 3 is 2.66 bits per heavy atom. The van der Waals surface area contributed by atoms with Crippen molar-refractivity contribution in [1.29, 1.82) is 0 Å². The average Bonchev–Trinajstić information content (AvgIpc) is 3.10. The van der Waals surface area contributed by atoms with Crippen LogP contribution < -0.4 is 73.8 Å². The van der Waals surface area contributed by atoms with Gasteiger partial charge in [0.1, 0.15) is 7.98 Å². The number of imidazole rings is 1. The predicted octanol–water partition coefficient (Wildman–Crippen LogP) is 0.604. The van der Waals surface area contributed by atoms with Gasteiger partial charge in [-0.15, -0.1) is 0 Å². The maximum absolute atomic E-state index is 14.4. The van der Waals surface area contributed by atoms with E-state index in [4.69, 9.17) is 7.98 Å². The summed E-state index contributed by atoms with van der Waals surface area (Å²) in [5.74, 6) is 0.0960. The molecule has 6 nitrogen and oxygen atoms in total. The Bertz CT molecular complexity index is 1240. The quantitative estimate of drug-likeness (QED) is 0.221. The fourth-order valence-corrected chi connectivity index (χ4v) is 3.74. The SMILES string of the molecule is [B]N1CCN(c2ccc3nc(-c4cc(F)c5nc(C)cn5c4)ncc3c2)C[C-]1C.[CH3-].[Cs+].[Es]. The van der Waals surface area contributed by atoms with E-state index in [0.29, 0.717) is 17.0 Å². The largest absolute Gasteiger partial charge is 1.00 e. The van der Waals surface area contributed by atoms with Crippen molar-refractivity contribution >= 4 is 30.2 Å². The number of piperazine rings is 1. The number of rotatable bonds is 2. The summed E-state index contributed by atoms with van der Waals surface area (Å²) in [6.07, 6.45) is 5.38. The molecule has 32 heavy (non-hydrogen) atoms. The zero-order chi connectivity index (χ0) is 20.1. The third kappa shape index (κ3) is 4.85. The van der Waals surface area contributed by atoms with Crippen molar-refractivity contribution in [2.75, 3.05) is 24.5 Å². The fraction of sp³-hybridized carbons (Fsp3) is 0.227. The van der Waals surface area contributed by atoms with Crippen molar-refractivity contribution in [3.05, 3.63) is 67.8 Å². The molecule has 5 rings (SSSR count). The number of hydrogen-bond acceptors (Lipinski definition) is 5. The van der Waals surface area contributed by atoms with Crippen LogP contribution in [0.3, 0.4) is 0 Å². The van der Waals surface area contributed by atoms with Crippen LogP contribution in [0.1, 0.15) is 12.6 Å². The van der Waals surface area contributed by atoms with Crippen molar-refractivity contribution in [3.8, 4) is 11.4 Å². The maximum Gasteiger partial charge on any atom is 1.00 e. The van der Waals surface area contributed by atoms with Crippen molar-refractivity contribution < 1.29 is 73.3 Å². The summed E-state index contributed by atoms with van der Waals surface area (Å²) in [6.45, 7) is 6.33. The first kappa shape index (κ1) is 26.3. The van der Waals surface area contributed by atoms with Gasteiger partial charge in [0.05, 0.1) is 11.2 Å². The van der Waals surface area contributed by atoms with E-state index in [0.717, 1.165) is 48.0 Å². The van der Waals surface area contributed by atoms with Crippen LogP contribution >= 0.6 is 0 Å². The number of benzene rings is 1. The molecule has 1 aliphatic rings. The Labute approximate surface area is 242 Å². The van der Waals surface area contributed by atoms with Gasteiger partial charge in [-0.3, -0.25) is 0 Å². The Morgan fingerprint density at radius 1 is 1.12 bits per heavy atom. The normalized spacial score (nSPS) is 14.7. The molecular weight excluding hydrogens is 763 g/mol. The molecule has 3 aromatic heterocycles. The van der Waals surface area contributed by atoms with Crippen LogP contribution in [0.15, 0.2) is 42.9 Å². The Morgan fingerprint density at radius 2 is 1.91 bits per heavy atom. The molecule has 163 valence electrons. The number of halogens is 1. The predicted molar refractivity (Wildman–Crippen MR) is 118 cm³/mol. The summed E-state index contributed by atoms with van der Waals surface area (Å²) < 4.78 is 16.1. The number of pyridine rings is 1. The van der Waals surface area contributed by atoms with Gasteiger partial charge in [-0.2, -0.15) is 6.92 Å². The molecule has 0 unspecified atom stereocenters. The monoisotopic (exact) mass is 785 g/mol. The minimum atomic E-state index is -0.389. The van der Waals surface area contributed by atoms with E-state index >= 15 is 0 Å². The first-order chi connectivity index (χ1) is 14.0. The van der Waals surface area contributed by atoms with Crippen LogP contribution in [0.25, 0.3) is 27.9 Å². The molecule has 0 amide bonds. The summed E-state index contributed by atoms with van der Waals surface area (Å²) in [5, 5.41) is 0.944. The second-order valence-electron chi connectivity index (χ2n) is 7.48. The van der Waals surface area contributed by atoms with E-state index in [1.807, 2.05) is 19.9 Å². The van der Waals surface area contributed by atoms with Gasteiger partial charge in [-0.25, -0.2) is 25.4 Å². The zero-order valence-electron chi connectivity index (χ0n) is 18.6. The third-order valence-corrected chi connectivity index (χ3v) is 5.33. The molecule has 10 heteroatoms. The van der Waals surface area contributed by atoms with E-state index in [1.165, 1.54) is 6.07 Å². The van der Waals surface area contributed by atoms with E-state index in [-0.39, 0.29) is 82.1 Å². The molecule has 0 N–H and O–H groups in total. The molecule has 0 atom stereocenters. The maximum atomic E-state index is 14.4. The summed E-state index contributed by atoms with van der Waals surface area (Å²) >= 11 is 0. The van der Waals surface area contributed by atoms with Gasteiger partial charge in [0.15, 0.2) is 17.3 Å². The number of aryl methyl sites for hydroxylation is 1. The van der Waals surface area contributed by atoms with Crippen LogP contribution in [0.2, 0.25) is 0 Å². The minimum absolute atomic E-state index is 0. The zero-order valence-corrected chi connectivity index (χ0v) is 27.4. The van der Waals surface area contributed by atoms with Crippen molar-refractivity contribution in [2.45, 2.75) is 13.8 Å². The molecule has 0 aliphatic carbocycles. The number of nitrogens with zero attached hydrogens (tertiary/aromatic N) is 6.